The van der Waals surface area contributed by atoms with E-state index in [4.69, 9.17) is 16.3 Å². The van der Waals surface area contributed by atoms with E-state index in [-0.39, 0.29) is 13.9 Å². The van der Waals surface area contributed by atoms with Crippen molar-refractivity contribution < 1.29 is 11.0 Å². The van der Waals surface area contributed by atoms with Gasteiger partial charge >= 0.3 is 0 Å². The summed E-state index contributed by atoms with van der Waals surface area (Å²) in [6.07, 6.45) is 0.970. The number of nitrogens with zero attached hydrogens (tertiary/aromatic N) is 2. The SMILES string of the molecule is C=C(CC)N1CCN(c2ccccc2NC(=O)COc2ccccc2Cl)CC1.[HH]. The van der Waals surface area contributed by atoms with Crippen LogP contribution in [0.25, 0.3) is 0 Å². The second-order valence-corrected chi connectivity index (χ2v) is 7.09. The molecule has 0 aromatic heterocycles. The highest BCUT2D eigenvalue weighted by Gasteiger charge is 2.20. The fourth-order valence-electron chi connectivity index (χ4n) is 3.23. The van der Waals surface area contributed by atoms with Crippen LogP contribution in [-0.2, 0) is 4.79 Å². The largest absolute Gasteiger partial charge is 0.482 e. The van der Waals surface area contributed by atoms with Crippen LogP contribution in [-0.4, -0.2) is 43.6 Å². The zero-order valence-corrected chi connectivity index (χ0v) is 16.9. The predicted octanol–water partition coefficient (Wildman–Crippen LogP) is 4.65. The molecule has 1 fully saturated rings. The first-order chi connectivity index (χ1) is 13.6. The second kappa shape index (κ2) is 9.51. The highest BCUT2D eigenvalue weighted by Crippen LogP contribution is 2.28. The quantitative estimate of drug-likeness (QED) is 0.733. The van der Waals surface area contributed by atoms with Gasteiger partial charge in [0.2, 0.25) is 0 Å². The molecule has 1 N–H and O–H groups in total. The summed E-state index contributed by atoms with van der Waals surface area (Å²) >= 11 is 6.07. The summed E-state index contributed by atoms with van der Waals surface area (Å²) in [5.74, 6) is 0.283. The minimum absolute atomic E-state index is 0. The third-order valence-corrected chi connectivity index (χ3v) is 5.16. The first kappa shape index (κ1) is 20.1. The first-order valence-electron chi connectivity index (χ1n) is 9.52. The third kappa shape index (κ3) is 4.98. The highest BCUT2D eigenvalue weighted by atomic mass is 35.5. The van der Waals surface area contributed by atoms with E-state index >= 15 is 0 Å². The fourth-order valence-corrected chi connectivity index (χ4v) is 3.42. The average molecular weight is 402 g/mol. The van der Waals surface area contributed by atoms with Gasteiger partial charge in [0, 0.05) is 33.3 Å². The van der Waals surface area contributed by atoms with Crippen molar-refractivity contribution in [1.82, 2.24) is 4.90 Å². The van der Waals surface area contributed by atoms with E-state index in [1.165, 1.54) is 5.70 Å². The van der Waals surface area contributed by atoms with Crippen LogP contribution in [0.3, 0.4) is 0 Å². The van der Waals surface area contributed by atoms with Gasteiger partial charge in [-0.1, -0.05) is 49.4 Å². The Morgan fingerprint density at radius 1 is 1.14 bits per heavy atom. The maximum absolute atomic E-state index is 12.4. The van der Waals surface area contributed by atoms with Crippen LogP contribution >= 0.6 is 11.6 Å². The molecular weight excluding hydrogens is 374 g/mol. The molecule has 5 nitrogen and oxygen atoms in total. The number of carbonyl (C=O) groups excluding carboxylic acids is 1. The monoisotopic (exact) mass is 401 g/mol. The fraction of sp³-hybridized carbons (Fsp3) is 0.318. The Morgan fingerprint density at radius 3 is 2.54 bits per heavy atom. The van der Waals surface area contributed by atoms with Crippen molar-refractivity contribution in [2.45, 2.75) is 13.3 Å². The molecule has 0 unspecified atom stereocenters. The summed E-state index contributed by atoms with van der Waals surface area (Å²) in [5.41, 5.74) is 2.99. The third-order valence-electron chi connectivity index (χ3n) is 4.85. The van der Waals surface area contributed by atoms with E-state index in [2.05, 4.69) is 28.6 Å². The van der Waals surface area contributed by atoms with Crippen molar-refractivity contribution in [3.05, 3.63) is 65.8 Å². The Hall–Kier alpha value is -2.66. The molecule has 1 saturated heterocycles. The molecule has 0 aliphatic carbocycles. The van der Waals surface area contributed by atoms with Gasteiger partial charge in [-0.15, -0.1) is 0 Å². The maximum atomic E-state index is 12.4. The molecule has 1 amide bonds. The van der Waals surface area contributed by atoms with Crippen LogP contribution in [0, 0.1) is 0 Å². The standard InChI is InChI=1S/C22H26ClN3O2.H2/c1-3-17(2)25-12-14-26(15-13-25)20-10-6-5-9-19(20)24-22(27)16-28-21-11-7-4-8-18(21)23;/h4-11H,2-3,12-16H2,1H3,(H,24,27);1H. The molecular formula is C22H28ClN3O2. The topological polar surface area (TPSA) is 44.8 Å². The number of piperazine rings is 1. The van der Waals surface area contributed by atoms with E-state index in [1.807, 2.05) is 36.4 Å². The van der Waals surface area contributed by atoms with Gasteiger partial charge in [-0.3, -0.25) is 4.79 Å². The maximum Gasteiger partial charge on any atom is 0.262 e. The highest BCUT2D eigenvalue weighted by molar-refractivity contribution is 6.32. The molecule has 3 rings (SSSR count). The summed E-state index contributed by atoms with van der Waals surface area (Å²) in [6, 6.07) is 15.0. The minimum Gasteiger partial charge on any atom is -0.482 e. The van der Waals surface area contributed by atoms with E-state index < -0.39 is 0 Å². The molecule has 2 aromatic carbocycles. The molecule has 0 atom stereocenters. The summed E-state index contributed by atoms with van der Waals surface area (Å²) in [4.78, 5) is 17.0. The molecule has 1 heterocycles. The Morgan fingerprint density at radius 2 is 1.82 bits per heavy atom. The van der Waals surface area contributed by atoms with Gasteiger partial charge in [0.1, 0.15) is 5.75 Å². The van der Waals surface area contributed by atoms with E-state index in [9.17, 15) is 4.79 Å². The number of halogens is 1. The van der Waals surface area contributed by atoms with Crippen LogP contribution in [0.5, 0.6) is 5.75 Å². The van der Waals surface area contributed by atoms with Crippen molar-refractivity contribution in [2.75, 3.05) is 43.0 Å². The van der Waals surface area contributed by atoms with E-state index in [1.54, 1.807) is 12.1 Å². The van der Waals surface area contributed by atoms with Gasteiger partial charge in [0.05, 0.1) is 16.4 Å². The van der Waals surface area contributed by atoms with E-state index in [0.29, 0.717) is 10.8 Å². The Labute approximate surface area is 173 Å². The molecule has 0 spiro atoms. The average Bonchev–Trinajstić information content (AvgIpc) is 2.73. The molecule has 0 saturated carbocycles. The number of amides is 1. The Balaban J connectivity index is 0.00000300. The van der Waals surface area contributed by atoms with Crippen molar-refractivity contribution in [1.29, 1.82) is 0 Å². The number of hydrogen-bond acceptors (Lipinski definition) is 4. The molecule has 6 heteroatoms. The number of nitrogens with one attached hydrogen (secondary N) is 1. The van der Waals surface area contributed by atoms with Crippen molar-refractivity contribution in [3.8, 4) is 5.75 Å². The number of benzene rings is 2. The lowest BCUT2D eigenvalue weighted by Gasteiger charge is -2.38. The van der Waals surface area contributed by atoms with Crippen LogP contribution in [0.15, 0.2) is 60.8 Å². The summed E-state index contributed by atoms with van der Waals surface area (Å²) in [7, 11) is 0. The Bertz CT molecular complexity index is 838. The molecule has 150 valence electrons. The van der Waals surface area contributed by atoms with Gasteiger partial charge in [-0.05, 0) is 30.7 Å². The lowest BCUT2D eigenvalue weighted by molar-refractivity contribution is -0.118. The van der Waals surface area contributed by atoms with Gasteiger partial charge < -0.3 is 19.9 Å². The van der Waals surface area contributed by atoms with Crippen molar-refractivity contribution in [2.24, 2.45) is 0 Å². The zero-order valence-electron chi connectivity index (χ0n) is 16.2. The van der Waals surface area contributed by atoms with Crippen LogP contribution in [0.4, 0.5) is 11.4 Å². The Kier molecular flexibility index (Phi) is 6.82. The molecule has 28 heavy (non-hydrogen) atoms. The molecule has 0 bridgehead atoms. The number of rotatable bonds is 7. The minimum atomic E-state index is -0.217. The lowest BCUT2D eigenvalue weighted by Crippen LogP contribution is -2.45. The molecule has 0 radical (unpaired) electrons. The number of anilines is 2. The van der Waals surface area contributed by atoms with Crippen molar-refractivity contribution >= 4 is 28.9 Å². The van der Waals surface area contributed by atoms with Gasteiger partial charge in [-0.2, -0.15) is 0 Å². The van der Waals surface area contributed by atoms with Crippen molar-refractivity contribution in [3.63, 3.8) is 0 Å². The number of carbonyl (C=O) groups is 1. The van der Waals surface area contributed by atoms with E-state index in [0.717, 1.165) is 44.0 Å². The number of hydrogen-bond donors (Lipinski definition) is 1. The van der Waals surface area contributed by atoms with Crippen LogP contribution in [0.1, 0.15) is 14.8 Å². The first-order valence-corrected chi connectivity index (χ1v) is 9.90. The number of ether oxygens (including phenoxy) is 1. The van der Waals surface area contributed by atoms with Gasteiger partial charge in [0.25, 0.3) is 5.91 Å². The summed E-state index contributed by atoms with van der Waals surface area (Å²) in [5, 5.41) is 3.45. The molecule has 1 aliphatic rings. The van der Waals surface area contributed by atoms with Crippen LogP contribution < -0.4 is 15.0 Å². The van der Waals surface area contributed by atoms with Gasteiger partial charge in [0.15, 0.2) is 6.61 Å². The van der Waals surface area contributed by atoms with Gasteiger partial charge in [-0.25, -0.2) is 0 Å². The number of allylic oxidation sites excluding steroid dienone is 1. The second-order valence-electron chi connectivity index (χ2n) is 6.68. The molecule has 2 aromatic rings. The lowest BCUT2D eigenvalue weighted by atomic mass is 10.2. The zero-order chi connectivity index (χ0) is 19.9. The van der Waals surface area contributed by atoms with Crippen LogP contribution in [0.2, 0.25) is 5.02 Å². The molecule has 1 aliphatic heterocycles. The smallest absolute Gasteiger partial charge is 0.262 e. The number of para-hydroxylation sites is 3. The summed E-state index contributed by atoms with van der Waals surface area (Å²) in [6.45, 7) is 9.82. The normalized spacial score (nSPS) is 13.9. The predicted molar refractivity (Wildman–Crippen MR) is 117 cm³/mol. The summed E-state index contributed by atoms with van der Waals surface area (Å²) < 4.78 is 5.53.